The summed E-state index contributed by atoms with van der Waals surface area (Å²) in [7, 11) is 0. The lowest BCUT2D eigenvalue weighted by Gasteiger charge is -2.14. The van der Waals surface area contributed by atoms with E-state index in [0.717, 1.165) is 12.8 Å². The van der Waals surface area contributed by atoms with Crippen molar-refractivity contribution in [1.82, 2.24) is 4.98 Å². The highest BCUT2D eigenvalue weighted by molar-refractivity contribution is 5.98. The van der Waals surface area contributed by atoms with Crippen LogP contribution in [0.5, 0.6) is 0 Å². The van der Waals surface area contributed by atoms with Gasteiger partial charge in [-0.05, 0) is 37.0 Å². The minimum absolute atomic E-state index is 0.310. The zero-order chi connectivity index (χ0) is 13.4. The molecule has 4 N–H and O–H groups in total. The highest BCUT2D eigenvalue weighted by Crippen LogP contribution is 2.34. The number of fused-ring (bicyclic) bond motifs is 1. The lowest BCUT2D eigenvalue weighted by Crippen LogP contribution is -2.22. The molecular formula is C14H16FN3O. The van der Waals surface area contributed by atoms with Gasteiger partial charge in [-0.25, -0.2) is 4.39 Å². The SMILES string of the molecule is Nc1cc(F)c(NCC(O)C2CC2)c2ncccc12. The first-order valence-electron chi connectivity index (χ1n) is 6.41. The third-order valence-electron chi connectivity index (χ3n) is 3.53. The zero-order valence-corrected chi connectivity index (χ0v) is 10.4. The molecule has 1 fully saturated rings. The lowest BCUT2D eigenvalue weighted by atomic mass is 10.1. The molecule has 4 nitrogen and oxygen atoms in total. The maximum atomic E-state index is 14.0. The van der Waals surface area contributed by atoms with E-state index in [0.29, 0.717) is 34.7 Å². The molecule has 0 bridgehead atoms. The largest absolute Gasteiger partial charge is 0.398 e. The van der Waals surface area contributed by atoms with Crippen LogP contribution in [0.25, 0.3) is 10.9 Å². The first kappa shape index (κ1) is 12.2. The van der Waals surface area contributed by atoms with E-state index in [2.05, 4.69) is 10.3 Å². The standard InChI is InChI=1S/C14H16FN3O/c15-10-6-11(16)9-2-1-5-17-13(9)14(10)18-7-12(19)8-3-4-8/h1-2,5-6,8,12,18-19H,3-4,7,16H2. The summed E-state index contributed by atoms with van der Waals surface area (Å²) < 4.78 is 14.0. The molecule has 1 aromatic heterocycles. The number of anilines is 2. The molecule has 19 heavy (non-hydrogen) atoms. The summed E-state index contributed by atoms with van der Waals surface area (Å²) in [5.74, 6) is -0.0877. The number of nitrogens with two attached hydrogens (primary N) is 1. The molecule has 1 aliphatic carbocycles. The predicted molar refractivity (Wildman–Crippen MR) is 73.3 cm³/mol. The van der Waals surface area contributed by atoms with Gasteiger partial charge >= 0.3 is 0 Å². The van der Waals surface area contributed by atoms with Crippen LogP contribution in [0.2, 0.25) is 0 Å². The van der Waals surface area contributed by atoms with Crippen LogP contribution >= 0.6 is 0 Å². The van der Waals surface area contributed by atoms with Gasteiger partial charge in [-0.1, -0.05) is 0 Å². The normalized spacial score (nSPS) is 16.5. The number of benzene rings is 1. The van der Waals surface area contributed by atoms with E-state index in [1.807, 2.05) is 0 Å². The first-order chi connectivity index (χ1) is 9.16. The predicted octanol–water partition coefficient (Wildman–Crippen LogP) is 2.14. The summed E-state index contributed by atoms with van der Waals surface area (Å²) in [6, 6.07) is 4.86. The summed E-state index contributed by atoms with van der Waals surface area (Å²) >= 11 is 0. The topological polar surface area (TPSA) is 71.2 Å². The minimum atomic E-state index is -0.438. The van der Waals surface area contributed by atoms with Crippen molar-refractivity contribution < 1.29 is 9.50 Å². The van der Waals surface area contributed by atoms with Crippen molar-refractivity contribution in [1.29, 1.82) is 0 Å². The molecule has 1 unspecified atom stereocenters. The lowest BCUT2D eigenvalue weighted by molar-refractivity contribution is 0.164. The second kappa shape index (κ2) is 4.66. The van der Waals surface area contributed by atoms with E-state index in [4.69, 9.17) is 5.73 Å². The number of nitrogen functional groups attached to an aromatic ring is 1. The van der Waals surface area contributed by atoms with Gasteiger partial charge in [0, 0.05) is 23.8 Å². The van der Waals surface area contributed by atoms with Gasteiger partial charge < -0.3 is 16.2 Å². The average Bonchev–Trinajstić information content (AvgIpc) is 3.22. The number of nitrogens with zero attached hydrogens (tertiary/aromatic N) is 1. The Kier molecular flexibility index (Phi) is 2.98. The Morgan fingerprint density at radius 3 is 3.05 bits per heavy atom. The van der Waals surface area contributed by atoms with Crippen molar-refractivity contribution in [3.8, 4) is 0 Å². The Balaban J connectivity index is 1.92. The number of aromatic nitrogens is 1. The molecular weight excluding hydrogens is 245 g/mol. The van der Waals surface area contributed by atoms with E-state index >= 15 is 0 Å². The fourth-order valence-corrected chi connectivity index (χ4v) is 2.26. The number of aliphatic hydroxyl groups excluding tert-OH is 1. The van der Waals surface area contributed by atoms with Gasteiger partial charge in [-0.2, -0.15) is 0 Å². The van der Waals surface area contributed by atoms with Crippen LogP contribution in [0.3, 0.4) is 0 Å². The van der Waals surface area contributed by atoms with Crippen LogP contribution in [-0.4, -0.2) is 22.7 Å². The Morgan fingerprint density at radius 1 is 1.53 bits per heavy atom. The molecule has 1 saturated carbocycles. The number of hydrogen-bond acceptors (Lipinski definition) is 4. The zero-order valence-electron chi connectivity index (χ0n) is 10.4. The molecule has 0 saturated heterocycles. The second-order valence-electron chi connectivity index (χ2n) is 5.01. The molecule has 0 radical (unpaired) electrons. The summed E-state index contributed by atoms with van der Waals surface area (Å²) in [5.41, 5.74) is 6.96. The summed E-state index contributed by atoms with van der Waals surface area (Å²) in [4.78, 5) is 4.18. The van der Waals surface area contributed by atoms with Gasteiger partial charge in [0.2, 0.25) is 0 Å². The summed E-state index contributed by atoms with van der Waals surface area (Å²) in [6.45, 7) is 0.331. The van der Waals surface area contributed by atoms with Gasteiger partial charge in [-0.3, -0.25) is 4.98 Å². The summed E-state index contributed by atoms with van der Waals surface area (Å²) in [6.07, 6.45) is 3.26. The maximum absolute atomic E-state index is 14.0. The smallest absolute Gasteiger partial charge is 0.150 e. The highest BCUT2D eigenvalue weighted by atomic mass is 19.1. The highest BCUT2D eigenvalue weighted by Gasteiger charge is 2.29. The van der Waals surface area contributed by atoms with E-state index < -0.39 is 11.9 Å². The van der Waals surface area contributed by atoms with Crippen molar-refractivity contribution in [3.63, 3.8) is 0 Å². The van der Waals surface area contributed by atoms with Gasteiger partial charge in [0.05, 0.1) is 17.3 Å². The van der Waals surface area contributed by atoms with Crippen molar-refractivity contribution in [2.75, 3.05) is 17.6 Å². The molecule has 5 heteroatoms. The molecule has 1 atom stereocenters. The molecule has 0 amide bonds. The fourth-order valence-electron chi connectivity index (χ4n) is 2.26. The third-order valence-corrected chi connectivity index (χ3v) is 3.53. The monoisotopic (exact) mass is 261 g/mol. The Hall–Kier alpha value is -1.88. The molecule has 1 aromatic carbocycles. The number of nitrogens with one attached hydrogen (secondary N) is 1. The summed E-state index contributed by atoms with van der Waals surface area (Å²) in [5, 5.41) is 13.5. The number of hydrogen-bond donors (Lipinski definition) is 3. The van der Waals surface area contributed by atoms with Crippen LogP contribution in [0.1, 0.15) is 12.8 Å². The molecule has 2 aromatic rings. The molecule has 1 aliphatic rings. The minimum Gasteiger partial charge on any atom is -0.398 e. The third kappa shape index (κ3) is 2.33. The molecule has 1 heterocycles. The first-order valence-corrected chi connectivity index (χ1v) is 6.41. The fraction of sp³-hybridized carbons (Fsp3) is 0.357. The van der Waals surface area contributed by atoms with E-state index in [1.54, 1.807) is 18.3 Å². The number of aliphatic hydroxyl groups is 1. The quantitative estimate of drug-likeness (QED) is 0.737. The Bertz CT molecular complexity index is 613. The van der Waals surface area contributed by atoms with Crippen LogP contribution in [0, 0.1) is 11.7 Å². The Morgan fingerprint density at radius 2 is 2.32 bits per heavy atom. The van der Waals surface area contributed by atoms with Crippen LogP contribution in [-0.2, 0) is 0 Å². The molecule has 0 spiro atoms. The van der Waals surface area contributed by atoms with Crippen LogP contribution in [0.4, 0.5) is 15.8 Å². The van der Waals surface area contributed by atoms with Gasteiger partial charge in [0.15, 0.2) is 5.82 Å². The maximum Gasteiger partial charge on any atom is 0.150 e. The van der Waals surface area contributed by atoms with Crippen molar-refractivity contribution in [2.45, 2.75) is 18.9 Å². The number of pyridine rings is 1. The second-order valence-corrected chi connectivity index (χ2v) is 5.01. The van der Waals surface area contributed by atoms with E-state index in [-0.39, 0.29) is 0 Å². The van der Waals surface area contributed by atoms with Crippen LogP contribution < -0.4 is 11.1 Å². The average molecular weight is 261 g/mol. The van der Waals surface area contributed by atoms with Crippen LogP contribution in [0.15, 0.2) is 24.4 Å². The van der Waals surface area contributed by atoms with Gasteiger partial charge in [-0.15, -0.1) is 0 Å². The van der Waals surface area contributed by atoms with Crippen molar-refractivity contribution in [2.24, 2.45) is 5.92 Å². The van der Waals surface area contributed by atoms with E-state index in [9.17, 15) is 9.50 Å². The number of rotatable bonds is 4. The molecule has 3 rings (SSSR count). The molecule has 100 valence electrons. The van der Waals surface area contributed by atoms with Gasteiger partial charge in [0.1, 0.15) is 0 Å². The van der Waals surface area contributed by atoms with E-state index in [1.165, 1.54) is 6.07 Å². The van der Waals surface area contributed by atoms with Crippen molar-refractivity contribution in [3.05, 3.63) is 30.2 Å². The Labute approximate surface area is 110 Å². The van der Waals surface area contributed by atoms with Crippen molar-refractivity contribution >= 4 is 22.3 Å². The van der Waals surface area contributed by atoms with Gasteiger partial charge in [0.25, 0.3) is 0 Å². The number of halogens is 1. The molecule has 0 aliphatic heterocycles.